The van der Waals surface area contributed by atoms with Crippen LogP contribution in [0.3, 0.4) is 0 Å². The highest BCUT2D eigenvalue weighted by molar-refractivity contribution is 7.89. The standard InChI is InChI=1S/C13H20FN3O3S/c1-20-11-10-16-6-3-7-17(9-8-16)21(18,19)13-12(14)4-2-5-15-13/h2,4-5H,3,6-11H2,1H3. The first-order valence-corrected chi connectivity index (χ1v) is 8.31. The topological polar surface area (TPSA) is 62.7 Å². The lowest BCUT2D eigenvalue weighted by atomic mass is 10.4. The summed E-state index contributed by atoms with van der Waals surface area (Å²) in [6.07, 6.45) is 2.00. The first-order chi connectivity index (χ1) is 10.1. The zero-order valence-corrected chi connectivity index (χ0v) is 12.9. The summed E-state index contributed by atoms with van der Waals surface area (Å²) in [5.74, 6) is -0.807. The Morgan fingerprint density at radius 3 is 2.86 bits per heavy atom. The Balaban J connectivity index is 2.09. The summed E-state index contributed by atoms with van der Waals surface area (Å²) in [6, 6.07) is 2.49. The molecule has 21 heavy (non-hydrogen) atoms. The third-order valence-corrected chi connectivity index (χ3v) is 5.30. The number of hydrogen-bond acceptors (Lipinski definition) is 5. The molecular formula is C13H20FN3O3S. The van der Waals surface area contributed by atoms with Gasteiger partial charge in [0, 0.05) is 39.5 Å². The molecule has 1 fully saturated rings. The molecule has 118 valence electrons. The maximum Gasteiger partial charge on any atom is 0.263 e. The van der Waals surface area contributed by atoms with Gasteiger partial charge in [-0.3, -0.25) is 4.90 Å². The third kappa shape index (κ3) is 3.97. The second kappa shape index (κ2) is 7.26. The van der Waals surface area contributed by atoms with Gasteiger partial charge in [0.1, 0.15) is 0 Å². The number of ether oxygens (including phenoxy) is 1. The molecule has 0 spiro atoms. The zero-order chi connectivity index (χ0) is 15.3. The van der Waals surface area contributed by atoms with Crippen LogP contribution in [-0.4, -0.2) is 69.0 Å². The Kier molecular flexibility index (Phi) is 5.63. The number of aromatic nitrogens is 1. The van der Waals surface area contributed by atoms with E-state index >= 15 is 0 Å². The van der Waals surface area contributed by atoms with Gasteiger partial charge in [-0.1, -0.05) is 0 Å². The minimum Gasteiger partial charge on any atom is -0.383 e. The van der Waals surface area contributed by atoms with E-state index in [4.69, 9.17) is 4.74 Å². The Morgan fingerprint density at radius 2 is 2.14 bits per heavy atom. The molecule has 1 aromatic rings. The highest BCUT2D eigenvalue weighted by Crippen LogP contribution is 2.18. The second-order valence-corrected chi connectivity index (χ2v) is 6.74. The van der Waals surface area contributed by atoms with E-state index in [9.17, 15) is 12.8 Å². The monoisotopic (exact) mass is 317 g/mol. The number of pyridine rings is 1. The van der Waals surface area contributed by atoms with E-state index in [0.717, 1.165) is 19.2 Å². The fourth-order valence-corrected chi connectivity index (χ4v) is 3.76. The van der Waals surface area contributed by atoms with Crippen LogP contribution in [0.5, 0.6) is 0 Å². The molecule has 2 rings (SSSR count). The van der Waals surface area contributed by atoms with Crippen LogP contribution in [0.1, 0.15) is 6.42 Å². The molecule has 1 aliphatic heterocycles. The predicted octanol–water partition coefficient (Wildman–Crippen LogP) is 0.564. The predicted molar refractivity (Wildman–Crippen MR) is 75.9 cm³/mol. The van der Waals surface area contributed by atoms with E-state index in [-0.39, 0.29) is 0 Å². The van der Waals surface area contributed by atoms with Gasteiger partial charge < -0.3 is 4.74 Å². The van der Waals surface area contributed by atoms with Gasteiger partial charge in [-0.25, -0.2) is 17.8 Å². The summed E-state index contributed by atoms with van der Waals surface area (Å²) in [4.78, 5) is 5.83. The lowest BCUT2D eigenvalue weighted by molar-refractivity contribution is 0.151. The molecule has 0 unspecified atom stereocenters. The van der Waals surface area contributed by atoms with Gasteiger partial charge in [-0.2, -0.15) is 4.31 Å². The Hall–Kier alpha value is -1.09. The molecule has 1 saturated heterocycles. The highest BCUT2D eigenvalue weighted by atomic mass is 32.2. The van der Waals surface area contributed by atoms with Crippen LogP contribution < -0.4 is 0 Å². The molecule has 0 aromatic carbocycles. The lowest BCUT2D eigenvalue weighted by Crippen LogP contribution is -2.36. The van der Waals surface area contributed by atoms with Crippen molar-refractivity contribution in [2.45, 2.75) is 11.4 Å². The molecule has 8 heteroatoms. The average Bonchev–Trinajstić information content (AvgIpc) is 2.71. The number of rotatable bonds is 5. The van der Waals surface area contributed by atoms with Gasteiger partial charge in [0.05, 0.1) is 6.61 Å². The molecule has 1 aromatic heterocycles. The van der Waals surface area contributed by atoms with Gasteiger partial charge in [0.15, 0.2) is 5.82 Å². The van der Waals surface area contributed by atoms with Crippen LogP contribution >= 0.6 is 0 Å². The van der Waals surface area contributed by atoms with Crippen LogP contribution in [-0.2, 0) is 14.8 Å². The summed E-state index contributed by atoms with van der Waals surface area (Å²) in [7, 11) is -2.23. The molecule has 0 bridgehead atoms. The van der Waals surface area contributed by atoms with Crippen LogP contribution in [0, 0.1) is 5.82 Å². The molecule has 0 radical (unpaired) electrons. The van der Waals surface area contributed by atoms with Gasteiger partial charge in [-0.05, 0) is 25.1 Å². The maximum absolute atomic E-state index is 13.7. The molecule has 0 amide bonds. The first-order valence-electron chi connectivity index (χ1n) is 6.87. The molecular weight excluding hydrogens is 297 g/mol. The third-order valence-electron chi connectivity index (χ3n) is 3.47. The van der Waals surface area contributed by atoms with Gasteiger partial charge in [0.25, 0.3) is 10.0 Å². The zero-order valence-electron chi connectivity index (χ0n) is 12.0. The minimum absolute atomic E-state index is 0.335. The Labute approximate surface area is 124 Å². The summed E-state index contributed by atoms with van der Waals surface area (Å²) < 4.78 is 45.0. The molecule has 6 nitrogen and oxygen atoms in total. The number of hydrogen-bond donors (Lipinski definition) is 0. The number of nitrogens with zero attached hydrogens (tertiary/aromatic N) is 3. The van der Waals surface area contributed by atoms with Crippen molar-refractivity contribution in [1.82, 2.24) is 14.2 Å². The fourth-order valence-electron chi connectivity index (χ4n) is 2.31. The van der Waals surface area contributed by atoms with Crippen molar-refractivity contribution in [3.8, 4) is 0 Å². The molecule has 0 atom stereocenters. The smallest absolute Gasteiger partial charge is 0.263 e. The van der Waals surface area contributed by atoms with E-state index in [1.165, 1.54) is 16.6 Å². The SMILES string of the molecule is COCCN1CCCN(S(=O)(=O)c2ncccc2F)CC1. The number of sulfonamides is 1. The number of methoxy groups -OCH3 is 1. The van der Waals surface area contributed by atoms with Crippen molar-refractivity contribution >= 4 is 10.0 Å². The van der Waals surface area contributed by atoms with Crippen molar-refractivity contribution in [1.29, 1.82) is 0 Å². The highest BCUT2D eigenvalue weighted by Gasteiger charge is 2.30. The molecule has 2 heterocycles. The van der Waals surface area contributed by atoms with Crippen LogP contribution in [0.15, 0.2) is 23.4 Å². The quantitative estimate of drug-likeness (QED) is 0.794. The summed E-state index contributed by atoms with van der Waals surface area (Å²) >= 11 is 0. The van der Waals surface area contributed by atoms with E-state index in [0.29, 0.717) is 32.7 Å². The Bertz CT molecular complexity index is 568. The van der Waals surface area contributed by atoms with Crippen LogP contribution in [0.4, 0.5) is 4.39 Å². The largest absolute Gasteiger partial charge is 0.383 e. The lowest BCUT2D eigenvalue weighted by Gasteiger charge is -2.21. The minimum atomic E-state index is -3.87. The molecule has 0 saturated carbocycles. The van der Waals surface area contributed by atoms with Gasteiger partial charge in [-0.15, -0.1) is 0 Å². The molecule has 0 aliphatic carbocycles. The number of halogens is 1. The Morgan fingerprint density at radius 1 is 1.33 bits per heavy atom. The molecule has 0 N–H and O–H groups in total. The van der Waals surface area contributed by atoms with E-state index < -0.39 is 20.9 Å². The van der Waals surface area contributed by atoms with Gasteiger partial charge in [0.2, 0.25) is 5.03 Å². The van der Waals surface area contributed by atoms with E-state index in [1.807, 2.05) is 0 Å². The van der Waals surface area contributed by atoms with Gasteiger partial charge >= 0.3 is 0 Å². The molecule has 1 aliphatic rings. The summed E-state index contributed by atoms with van der Waals surface area (Å²) in [5.41, 5.74) is 0. The second-order valence-electron chi connectivity index (χ2n) is 4.88. The maximum atomic E-state index is 13.7. The van der Waals surface area contributed by atoms with Crippen molar-refractivity contribution < 1.29 is 17.5 Å². The van der Waals surface area contributed by atoms with Crippen molar-refractivity contribution in [2.75, 3.05) is 46.4 Å². The van der Waals surface area contributed by atoms with Crippen molar-refractivity contribution in [3.05, 3.63) is 24.1 Å². The fraction of sp³-hybridized carbons (Fsp3) is 0.615. The normalized spacial score (nSPS) is 18.6. The first kappa shape index (κ1) is 16.3. The summed E-state index contributed by atoms with van der Waals surface area (Å²) in [5, 5.41) is -0.490. The average molecular weight is 317 g/mol. The summed E-state index contributed by atoms with van der Waals surface area (Å²) in [6.45, 7) is 3.50. The van der Waals surface area contributed by atoms with Crippen LogP contribution in [0.2, 0.25) is 0 Å². The van der Waals surface area contributed by atoms with Crippen molar-refractivity contribution in [2.24, 2.45) is 0 Å². The van der Waals surface area contributed by atoms with Crippen molar-refractivity contribution in [3.63, 3.8) is 0 Å². The van der Waals surface area contributed by atoms with Crippen LogP contribution in [0.25, 0.3) is 0 Å². The van der Waals surface area contributed by atoms with E-state index in [2.05, 4.69) is 9.88 Å². The van der Waals surface area contributed by atoms with E-state index in [1.54, 1.807) is 7.11 Å².